The summed E-state index contributed by atoms with van der Waals surface area (Å²) in [6.07, 6.45) is -1.32. The monoisotopic (exact) mass is 385 g/mol. The number of benzene rings is 2. The third kappa shape index (κ3) is 3.40. The first-order valence-electron chi connectivity index (χ1n) is 8.60. The molecule has 0 radical (unpaired) electrons. The molecule has 3 aromatic rings. The Balaban J connectivity index is 1.56. The molecule has 1 aliphatic rings. The van der Waals surface area contributed by atoms with Gasteiger partial charge in [0, 0.05) is 30.4 Å². The fourth-order valence-corrected chi connectivity index (χ4v) is 3.01. The number of fused-ring (bicyclic) bond motifs is 1. The number of nitrogens with one attached hydrogen (secondary N) is 1. The molecule has 1 aromatic heterocycles. The molecule has 144 valence electrons. The predicted octanol–water partition coefficient (Wildman–Crippen LogP) is 3.65. The van der Waals surface area contributed by atoms with Crippen molar-refractivity contribution in [1.29, 1.82) is 0 Å². The second-order valence-electron chi connectivity index (χ2n) is 6.46. The molecule has 0 fully saturated rings. The minimum absolute atomic E-state index is 0.128. The SMILES string of the molecule is Cn1ccc(NC(=O)c2ccc3c(c2)OC(Oc2ccccc2)(C(F)F)C3)n1. The van der Waals surface area contributed by atoms with Crippen molar-refractivity contribution in [1.82, 2.24) is 9.78 Å². The van der Waals surface area contributed by atoms with Gasteiger partial charge in [0.25, 0.3) is 5.91 Å². The number of amides is 1. The fourth-order valence-electron chi connectivity index (χ4n) is 3.01. The topological polar surface area (TPSA) is 65.4 Å². The number of rotatable bonds is 5. The van der Waals surface area contributed by atoms with Crippen LogP contribution in [0, 0.1) is 0 Å². The Kier molecular flexibility index (Phi) is 4.46. The van der Waals surface area contributed by atoms with E-state index in [0.717, 1.165) is 0 Å². The summed E-state index contributed by atoms with van der Waals surface area (Å²) in [5, 5.41) is 6.72. The van der Waals surface area contributed by atoms with Crippen molar-refractivity contribution >= 4 is 11.7 Å². The van der Waals surface area contributed by atoms with E-state index < -0.39 is 18.1 Å². The zero-order valence-corrected chi connectivity index (χ0v) is 14.9. The molecule has 1 aliphatic heterocycles. The second-order valence-corrected chi connectivity index (χ2v) is 6.46. The first kappa shape index (κ1) is 18.0. The van der Waals surface area contributed by atoms with Crippen LogP contribution in [0.4, 0.5) is 14.6 Å². The Morgan fingerprint density at radius 3 is 2.71 bits per heavy atom. The van der Waals surface area contributed by atoms with Crippen molar-refractivity contribution in [3.8, 4) is 11.5 Å². The molecular weight excluding hydrogens is 368 g/mol. The highest BCUT2D eigenvalue weighted by atomic mass is 19.3. The van der Waals surface area contributed by atoms with Gasteiger partial charge in [-0.2, -0.15) is 5.10 Å². The summed E-state index contributed by atoms with van der Waals surface area (Å²) in [4.78, 5) is 12.4. The highest BCUT2D eigenvalue weighted by Gasteiger charge is 2.50. The second kappa shape index (κ2) is 6.95. The summed E-state index contributed by atoms with van der Waals surface area (Å²) in [5.41, 5.74) is 0.819. The van der Waals surface area contributed by atoms with E-state index in [-0.39, 0.29) is 23.5 Å². The molecule has 0 spiro atoms. The number of hydrogen-bond donors (Lipinski definition) is 1. The van der Waals surface area contributed by atoms with Gasteiger partial charge in [0.1, 0.15) is 11.5 Å². The molecule has 1 atom stereocenters. The maximum Gasteiger partial charge on any atom is 0.316 e. The fraction of sp³-hybridized carbons (Fsp3) is 0.200. The molecule has 1 amide bonds. The van der Waals surface area contributed by atoms with Crippen molar-refractivity contribution < 1.29 is 23.0 Å². The van der Waals surface area contributed by atoms with Gasteiger partial charge < -0.3 is 14.8 Å². The number of nitrogens with zero attached hydrogens (tertiary/aromatic N) is 2. The molecule has 0 saturated carbocycles. The van der Waals surface area contributed by atoms with Gasteiger partial charge in [0.2, 0.25) is 0 Å². The van der Waals surface area contributed by atoms with Gasteiger partial charge in [-0.15, -0.1) is 0 Å². The van der Waals surface area contributed by atoms with Gasteiger partial charge in [-0.3, -0.25) is 9.48 Å². The van der Waals surface area contributed by atoms with Crippen LogP contribution in [0.25, 0.3) is 0 Å². The summed E-state index contributed by atoms with van der Waals surface area (Å²) in [5.74, 6) is -1.67. The van der Waals surface area contributed by atoms with Gasteiger partial charge in [0.05, 0.1) is 6.42 Å². The van der Waals surface area contributed by atoms with Gasteiger partial charge in [-0.05, 0) is 24.3 Å². The van der Waals surface area contributed by atoms with Crippen LogP contribution in [0.5, 0.6) is 11.5 Å². The molecule has 2 aromatic carbocycles. The Hall–Kier alpha value is -3.42. The number of halogens is 2. The Bertz CT molecular complexity index is 1010. The summed E-state index contributed by atoms with van der Waals surface area (Å²) < 4.78 is 40.3. The van der Waals surface area contributed by atoms with E-state index in [1.54, 1.807) is 66.5 Å². The van der Waals surface area contributed by atoms with Crippen LogP contribution >= 0.6 is 0 Å². The van der Waals surface area contributed by atoms with Gasteiger partial charge in [-0.1, -0.05) is 24.3 Å². The summed E-state index contributed by atoms with van der Waals surface area (Å²) in [6.45, 7) is 0. The van der Waals surface area contributed by atoms with E-state index in [1.165, 1.54) is 6.07 Å². The molecule has 8 heteroatoms. The van der Waals surface area contributed by atoms with Crippen LogP contribution in [0.2, 0.25) is 0 Å². The van der Waals surface area contributed by atoms with E-state index in [9.17, 15) is 13.6 Å². The van der Waals surface area contributed by atoms with Crippen molar-refractivity contribution in [3.63, 3.8) is 0 Å². The van der Waals surface area contributed by atoms with Crippen LogP contribution in [-0.2, 0) is 13.5 Å². The number of para-hydroxylation sites is 1. The number of carbonyl (C=O) groups excluding carboxylic acids is 1. The average molecular weight is 385 g/mol. The lowest BCUT2D eigenvalue weighted by Gasteiger charge is -2.28. The molecular formula is C20H17F2N3O3. The van der Waals surface area contributed by atoms with Crippen LogP contribution in [0.1, 0.15) is 15.9 Å². The van der Waals surface area contributed by atoms with E-state index in [1.807, 2.05) is 0 Å². The third-order valence-corrected chi connectivity index (χ3v) is 4.37. The Labute approximate surface area is 159 Å². The first-order chi connectivity index (χ1) is 13.4. The highest BCUT2D eigenvalue weighted by Crippen LogP contribution is 2.40. The molecule has 0 saturated heterocycles. The Morgan fingerprint density at radius 2 is 2.04 bits per heavy atom. The molecule has 1 N–H and O–H groups in total. The number of carbonyl (C=O) groups is 1. The average Bonchev–Trinajstić information content (AvgIpc) is 3.25. The molecule has 0 aliphatic carbocycles. The molecule has 1 unspecified atom stereocenters. The number of hydrogen-bond acceptors (Lipinski definition) is 4. The van der Waals surface area contributed by atoms with E-state index in [2.05, 4.69) is 10.4 Å². The minimum atomic E-state index is -2.88. The maximum atomic E-state index is 13.9. The molecule has 6 nitrogen and oxygen atoms in total. The van der Waals surface area contributed by atoms with E-state index in [0.29, 0.717) is 11.4 Å². The van der Waals surface area contributed by atoms with Crippen molar-refractivity contribution in [2.45, 2.75) is 18.6 Å². The number of ether oxygens (including phenoxy) is 2. The number of anilines is 1. The van der Waals surface area contributed by atoms with Gasteiger partial charge >= 0.3 is 12.2 Å². The third-order valence-electron chi connectivity index (χ3n) is 4.37. The Morgan fingerprint density at radius 1 is 1.25 bits per heavy atom. The van der Waals surface area contributed by atoms with Gasteiger partial charge in [-0.25, -0.2) is 8.78 Å². The van der Waals surface area contributed by atoms with Crippen LogP contribution in [0.3, 0.4) is 0 Å². The van der Waals surface area contributed by atoms with Crippen LogP contribution in [-0.4, -0.2) is 27.9 Å². The lowest BCUT2D eigenvalue weighted by atomic mass is 10.1. The number of aromatic nitrogens is 2. The predicted molar refractivity (Wildman–Crippen MR) is 97.7 cm³/mol. The number of aryl methyl sites for hydroxylation is 1. The zero-order valence-electron chi connectivity index (χ0n) is 14.9. The smallest absolute Gasteiger partial charge is 0.316 e. The van der Waals surface area contributed by atoms with Gasteiger partial charge in [0.15, 0.2) is 5.82 Å². The quantitative estimate of drug-likeness (QED) is 0.728. The molecule has 2 heterocycles. The molecule has 28 heavy (non-hydrogen) atoms. The van der Waals surface area contributed by atoms with Crippen molar-refractivity contribution in [2.24, 2.45) is 7.05 Å². The zero-order chi connectivity index (χ0) is 19.7. The summed E-state index contributed by atoms with van der Waals surface area (Å²) in [6, 6.07) is 14.6. The molecule has 4 rings (SSSR count). The first-order valence-corrected chi connectivity index (χ1v) is 8.60. The normalized spacial score (nSPS) is 17.9. The molecule has 0 bridgehead atoms. The van der Waals surface area contributed by atoms with E-state index >= 15 is 0 Å². The summed E-state index contributed by atoms with van der Waals surface area (Å²) >= 11 is 0. The lowest BCUT2D eigenvalue weighted by Crippen LogP contribution is -2.48. The lowest BCUT2D eigenvalue weighted by molar-refractivity contribution is -0.189. The maximum absolute atomic E-state index is 13.9. The highest BCUT2D eigenvalue weighted by molar-refractivity contribution is 6.04. The number of alkyl halides is 2. The van der Waals surface area contributed by atoms with Crippen molar-refractivity contribution in [2.75, 3.05) is 5.32 Å². The summed E-state index contributed by atoms with van der Waals surface area (Å²) in [7, 11) is 1.73. The van der Waals surface area contributed by atoms with Crippen molar-refractivity contribution in [3.05, 3.63) is 71.9 Å². The minimum Gasteiger partial charge on any atom is -0.447 e. The van der Waals surface area contributed by atoms with E-state index in [4.69, 9.17) is 9.47 Å². The van der Waals surface area contributed by atoms with Crippen LogP contribution in [0.15, 0.2) is 60.8 Å². The van der Waals surface area contributed by atoms with Crippen LogP contribution < -0.4 is 14.8 Å². The standard InChI is InChI=1S/C20H17F2N3O3/c1-25-10-9-17(24-25)23-18(26)13-7-8-14-12-20(19(21)22,28-16(14)11-13)27-15-5-3-2-4-6-15/h2-11,19H,12H2,1H3,(H,23,24,26). The largest absolute Gasteiger partial charge is 0.447 e.